The van der Waals surface area contributed by atoms with Crippen LogP contribution >= 0.6 is 0 Å². The summed E-state index contributed by atoms with van der Waals surface area (Å²) >= 11 is 0. The van der Waals surface area contributed by atoms with Gasteiger partial charge in [-0.25, -0.2) is 17.2 Å². The van der Waals surface area contributed by atoms with E-state index >= 15 is 0 Å². The largest absolute Gasteiger partial charge is 0.224 e. The van der Waals surface area contributed by atoms with Crippen LogP contribution in [0.25, 0.3) is 11.1 Å². The molecule has 0 spiro atoms. The Bertz CT molecular complexity index is 1100. The average Bonchev–Trinajstić information content (AvgIpc) is 3.03. The third kappa shape index (κ3) is 3.18. The summed E-state index contributed by atoms with van der Waals surface area (Å²) in [6, 6.07) is 9.61. The Labute approximate surface area is 150 Å². The molecule has 0 N–H and O–H groups in total. The van der Waals surface area contributed by atoms with Crippen LogP contribution in [-0.2, 0) is 9.84 Å². The van der Waals surface area contributed by atoms with Crippen LogP contribution in [0.3, 0.4) is 0 Å². The van der Waals surface area contributed by atoms with Gasteiger partial charge in [-0.2, -0.15) is 5.26 Å². The van der Waals surface area contributed by atoms with E-state index in [0.29, 0.717) is 17.6 Å². The quantitative estimate of drug-likeness (QED) is 0.802. The Balaban J connectivity index is 2.18. The van der Waals surface area contributed by atoms with Crippen LogP contribution < -0.4 is 0 Å². The molecular formula is C20H15F2NO2S. The van der Waals surface area contributed by atoms with E-state index < -0.39 is 26.4 Å². The van der Waals surface area contributed by atoms with Gasteiger partial charge in [0, 0.05) is 6.26 Å². The second kappa shape index (κ2) is 6.50. The van der Waals surface area contributed by atoms with Gasteiger partial charge in [0.05, 0.1) is 11.6 Å². The molecule has 0 saturated heterocycles. The normalized spacial score (nSPS) is 14.0. The number of allylic oxidation sites excluding steroid dienone is 4. The van der Waals surface area contributed by atoms with Gasteiger partial charge in [0.15, 0.2) is 9.84 Å². The number of sulfone groups is 1. The molecule has 0 bridgehead atoms. The van der Waals surface area contributed by atoms with E-state index in [1.807, 2.05) is 31.2 Å². The molecule has 2 aromatic rings. The molecule has 1 aliphatic carbocycles. The molecule has 2 aromatic carbocycles. The maximum absolute atomic E-state index is 14.3. The van der Waals surface area contributed by atoms with E-state index in [0.717, 1.165) is 35.1 Å². The summed E-state index contributed by atoms with van der Waals surface area (Å²) in [5, 5.41) is 9.21. The highest BCUT2D eigenvalue weighted by Gasteiger charge is 2.23. The Morgan fingerprint density at radius 1 is 1.08 bits per heavy atom. The first-order valence-electron chi connectivity index (χ1n) is 7.82. The van der Waals surface area contributed by atoms with Crippen molar-refractivity contribution in [3.05, 3.63) is 76.4 Å². The van der Waals surface area contributed by atoms with Crippen molar-refractivity contribution in [2.24, 2.45) is 0 Å². The number of halogens is 2. The lowest BCUT2D eigenvalue weighted by molar-refractivity contribution is 0.520. The highest BCUT2D eigenvalue weighted by Crippen LogP contribution is 2.37. The van der Waals surface area contributed by atoms with Gasteiger partial charge in [0.1, 0.15) is 16.5 Å². The maximum Gasteiger partial charge on any atom is 0.181 e. The molecular weight excluding hydrogens is 356 g/mol. The van der Waals surface area contributed by atoms with Crippen LogP contribution in [0, 0.1) is 29.9 Å². The number of aryl methyl sites for hydroxylation is 1. The van der Waals surface area contributed by atoms with E-state index in [1.165, 1.54) is 0 Å². The molecule has 1 aliphatic rings. The zero-order valence-corrected chi connectivity index (χ0v) is 15.0. The lowest BCUT2D eigenvalue weighted by atomic mass is 9.94. The third-order valence-corrected chi connectivity index (χ3v) is 5.45. The van der Waals surface area contributed by atoms with Crippen molar-refractivity contribution >= 4 is 21.0 Å². The molecule has 0 heterocycles. The van der Waals surface area contributed by atoms with Gasteiger partial charge in [-0.1, -0.05) is 24.3 Å². The number of hydrogen-bond donors (Lipinski definition) is 0. The molecule has 0 atom stereocenters. The zero-order chi connectivity index (χ0) is 19.1. The molecule has 3 nitrogen and oxygen atoms in total. The number of hydrogen-bond acceptors (Lipinski definition) is 3. The molecule has 0 unspecified atom stereocenters. The fraction of sp³-hybridized carbons (Fsp3) is 0.150. The van der Waals surface area contributed by atoms with E-state index in [9.17, 15) is 22.5 Å². The summed E-state index contributed by atoms with van der Waals surface area (Å²) in [6.07, 6.45) is 4.92. The number of nitriles is 1. The molecule has 0 aliphatic heterocycles. The van der Waals surface area contributed by atoms with E-state index in [-0.39, 0.29) is 5.56 Å². The number of rotatable bonds is 3. The Morgan fingerprint density at radius 2 is 1.73 bits per heavy atom. The van der Waals surface area contributed by atoms with Crippen LogP contribution in [0.5, 0.6) is 0 Å². The molecule has 132 valence electrons. The van der Waals surface area contributed by atoms with Crippen LogP contribution in [0.2, 0.25) is 0 Å². The van der Waals surface area contributed by atoms with Crippen molar-refractivity contribution in [1.29, 1.82) is 5.26 Å². The van der Waals surface area contributed by atoms with Crippen molar-refractivity contribution in [2.75, 3.05) is 6.26 Å². The summed E-state index contributed by atoms with van der Waals surface area (Å²) in [7, 11) is -4.00. The SMILES string of the molecule is Cc1ccc(C2=C(c3cc(F)c(S(C)(=O)=O)c(F)c3)CC=C2)cc1C#N. The molecule has 26 heavy (non-hydrogen) atoms. The van der Waals surface area contributed by atoms with Crippen molar-refractivity contribution in [3.63, 3.8) is 0 Å². The van der Waals surface area contributed by atoms with Crippen LogP contribution in [0.15, 0.2) is 47.4 Å². The Hall–Kier alpha value is -2.78. The van der Waals surface area contributed by atoms with Crippen molar-refractivity contribution in [3.8, 4) is 6.07 Å². The first-order chi connectivity index (χ1) is 12.2. The van der Waals surface area contributed by atoms with Gasteiger partial charge in [-0.3, -0.25) is 0 Å². The van der Waals surface area contributed by atoms with E-state index in [4.69, 9.17) is 0 Å². The standard InChI is InChI=1S/C20H15F2NO2S/c1-12-6-7-13(8-15(12)11-23)16-4-3-5-17(16)14-9-18(21)20(19(22)10-14)26(2,24)25/h3-4,6-10H,5H2,1-2H3. The highest BCUT2D eigenvalue weighted by atomic mass is 32.2. The third-order valence-electron chi connectivity index (χ3n) is 4.32. The van der Waals surface area contributed by atoms with Crippen LogP contribution in [0.1, 0.15) is 28.7 Å². The summed E-state index contributed by atoms with van der Waals surface area (Å²) < 4.78 is 51.6. The van der Waals surface area contributed by atoms with Gasteiger partial charge >= 0.3 is 0 Å². The summed E-state index contributed by atoms with van der Waals surface area (Å²) in [5.41, 5.74) is 3.85. The summed E-state index contributed by atoms with van der Waals surface area (Å²) in [5.74, 6) is -2.22. The lowest BCUT2D eigenvalue weighted by Crippen LogP contribution is -2.05. The van der Waals surface area contributed by atoms with Crippen molar-refractivity contribution < 1.29 is 17.2 Å². The predicted octanol–water partition coefficient (Wildman–Crippen LogP) is 4.42. The fourth-order valence-corrected chi connectivity index (χ4v) is 3.87. The van der Waals surface area contributed by atoms with Crippen LogP contribution in [0.4, 0.5) is 8.78 Å². The second-order valence-electron chi connectivity index (χ2n) is 6.18. The number of nitrogens with zero attached hydrogens (tertiary/aromatic N) is 1. The topological polar surface area (TPSA) is 57.9 Å². The first-order valence-corrected chi connectivity index (χ1v) is 9.72. The molecule has 0 amide bonds. The van der Waals surface area contributed by atoms with Crippen molar-refractivity contribution in [1.82, 2.24) is 0 Å². The smallest absolute Gasteiger partial charge is 0.181 e. The van der Waals surface area contributed by atoms with E-state index in [1.54, 1.807) is 6.07 Å². The predicted molar refractivity (Wildman–Crippen MR) is 95.9 cm³/mol. The fourth-order valence-electron chi connectivity index (χ4n) is 3.05. The minimum absolute atomic E-state index is 0.284. The maximum atomic E-state index is 14.3. The average molecular weight is 371 g/mol. The molecule has 0 radical (unpaired) electrons. The van der Waals surface area contributed by atoms with Crippen molar-refractivity contribution in [2.45, 2.75) is 18.2 Å². The zero-order valence-electron chi connectivity index (χ0n) is 14.2. The summed E-state index contributed by atoms with van der Waals surface area (Å²) in [4.78, 5) is -0.920. The van der Waals surface area contributed by atoms with Gasteiger partial charge in [0.2, 0.25) is 0 Å². The second-order valence-corrected chi connectivity index (χ2v) is 8.13. The minimum atomic E-state index is -4.00. The van der Waals surface area contributed by atoms with Gasteiger partial charge in [-0.05, 0) is 59.4 Å². The monoisotopic (exact) mass is 371 g/mol. The van der Waals surface area contributed by atoms with Gasteiger partial charge < -0.3 is 0 Å². The van der Waals surface area contributed by atoms with E-state index in [2.05, 4.69) is 6.07 Å². The Kier molecular flexibility index (Phi) is 4.51. The molecule has 0 aromatic heterocycles. The summed E-state index contributed by atoms with van der Waals surface area (Å²) in [6.45, 7) is 1.83. The van der Waals surface area contributed by atoms with Gasteiger partial charge in [-0.15, -0.1) is 0 Å². The Morgan fingerprint density at radius 3 is 2.31 bits per heavy atom. The van der Waals surface area contributed by atoms with Gasteiger partial charge in [0.25, 0.3) is 0 Å². The first kappa shape index (κ1) is 18.0. The minimum Gasteiger partial charge on any atom is -0.224 e. The lowest BCUT2D eigenvalue weighted by Gasteiger charge is -2.11. The van der Waals surface area contributed by atoms with Crippen LogP contribution in [-0.4, -0.2) is 14.7 Å². The molecule has 6 heteroatoms. The number of benzene rings is 2. The molecule has 0 saturated carbocycles. The highest BCUT2D eigenvalue weighted by molar-refractivity contribution is 7.90. The molecule has 3 rings (SSSR count). The molecule has 0 fully saturated rings.